The number of aromatic nitrogens is 1. The largest absolute Gasteiger partial charge is 0.389 e. The Balaban J connectivity index is 2.25. The first-order valence-corrected chi connectivity index (χ1v) is 8.14. The van der Waals surface area contributed by atoms with Gasteiger partial charge in [0.25, 0.3) is 0 Å². The topological polar surface area (TPSA) is 82.5 Å². The third-order valence-corrected chi connectivity index (χ3v) is 5.58. The summed E-state index contributed by atoms with van der Waals surface area (Å²) in [7, 11) is -0.530. The minimum absolute atomic E-state index is 0.118. The summed E-state index contributed by atoms with van der Waals surface area (Å²) in [6.45, 7) is 0.118. The van der Waals surface area contributed by atoms with Gasteiger partial charge in [0.15, 0.2) is 0 Å². The monoisotopic (exact) mass is 299 g/mol. The highest BCUT2D eigenvalue weighted by molar-refractivity contribution is 7.89. The molecule has 7 heteroatoms. The van der Waals surface area contributed by atoms with E-state index in [1.165, 1.54) is 23.6 Å². The summed E-state index contributed by atoms with van der Waals surface area (Å²) in [6.07, 6.45) is 4.73. The first kappa shape index (κ1) is 15.2. The van der Waals surface area contributed by atoms with E-state index in [-0.39, 0.29) is 11.4 Å². The molecule has 2 rings (SSSR count). The smallest absolute Gasteiger partial charge is 0.246 e. The maximum absolute atomic E-state index is 12.6. The molecule has 0 atom stereocenters. The van der Waals surface area contributed by atoms with Gasteiger partial charge in [-0.2, -0.15) is 4.31 Å². The van der Waals surface area contributed by atoms with Gasteiger partial charge in [0, 0.05) is 26.8 Å². The molecule has 0 saturated heterocycles. The van der Waals surface area contributed by atoms with Crippen molar-refractivity contribution in [3.05, 3.63) is 18.3 Å². The molecule has 0 spiro atoms. The minimum Gasteiger partial charge on any atom is -0.389 e. The van der Waals surface area contributed by atoms with E-state index in [0.717, 1.165) is 12.8 Å². The number of hydrogen-bond acceptors (Lipinski definition) is 5. The minimum atomic E-state index is -3.66. The third kappa shape index (κ3) is 2.94. The van der Waals surface area contributed by atoms with E-state index in [9.17, 15) is 13.5 Å². The highest BCUT2D eigenvalue weighted by atomic mass is 32.2. The molecule has 1 aromatic heterocycles. The van der Waals surface area contributed by atoms with Gasteiger partial charge in [-0.05, 0) is 25.0 Å². The molecule has 1 fully saturated rings. The molecule has 0 aliphatic heterocycles. The van der Waals surface area contributed by atoms with Crippen LogP contribution >= 0.6 is 0 Å². The molecule has 1 aliphatic rings. The molecular formula is C13H21N3O3S. The van der Waals surface area contributed by atoms with Gasteiger partial charge in [-0.25, -0.2) is 13.4 Å². The summed E-state index contributed by atoms with van der Waals surface area (Å²) in [4.78, 5) is 4.15. The molecule has 20 heavy (non-hydrogen) atoms. The summed E-state index contributed by atoms with van der Waals surface area (Å²) in [5, 5.41) is 13.1. The van der Waals surface area contributed by atoms with Crippen molar-refractivity contribution in [2.45, 2.75) is 36.2 Å². The molecule has 2 N–H and O–H groups in total. The van der Waals surface area contributed by atoms with Crippen LogP contribution in [0.5, 0.6) is 0 Å². The Bertz CT molecular complexity index is 568. The quantitative estimate of drug-likeness (QED) is 0.849. The Hall–Kier alpha value is -1.18. The number of hydrogen-bond donors (Lipinski definition) is 2. The number of nitrogens with one attached hydrogen (secondary N) is 1. The highest BCUT2D eigenvalue weighted by Crippen LogP contribution is 2.31. The molecular weight excluding hydrogens is 278 g/mol. The zero-order valence-electron chi connectivity index (χ0n) is 11.8. The molecule has 1 aliphatic carbocycles. The lowest BCUT2D eigenvalue weighted by molar-refractivity contribution is 0.0333. The van der Waals surface area contributed by atoms with Crippen LogP contribution in [0.1, 0.15) is 25.7 Å². The molecule has 0 radical (unpaired) electrons. The van der Waals surface area contributed by atoms with Gasteiger partial charge in [0.1, 0.15) is 10.7 Å². The van der Waals surface area contributed by atoms with Crippen LogP contribution in [0.15, 0.2) is 23.2 Å². The van der Waals surface area contributed by atoms with E-state index in [1.807, 2.05) is 0 Å². The first-order chi connectivity index (χ1) is 9.39. The lowest BCUT2D eigenvalue weighted by atomic mass is 10.0. The van der Waals surface area contributed by atoms with E-state index in [1.54, 1.807) is 13.1 Å². The Labute approximate surface area is 119 Å². The second-order valence-corrected chi connectivity index (χ2v) is 7.31. The molecule has 0 aromatic carbocycles. The number of anilines is 1. The zero-order valence-corrected chi connectivity index (χ0v) is 12.7. The number of rotatable bonds is 5. The number of sulfonamides is 1. The molecule has 0 bridgehead atoms. The number of pyridine rings is 1. The van der Waals surface area contributed by atoms with Crippen molar-refractivity contribution < 1.29 is 13.5 Å². The molecule has 112 valence electrons. The van der Waals surface area contributed by atoms with Crippen LogP contribution in [0, 0.1) is 0 Å². The van der Waals surface area contributed by atoms with Crippen molar-refractivity contribution in [3.8, 4) is 0 Å². The van der Waals surface area contributed by atoms with Gasteiger partial charge >= 0.3 is 0 Å². The van der Waals surface area contributed by atoms with Crippen molar-refractivity contribution in [1.82, 2.24) is 9.29 Å². The van der Waals surface area contributed by atoms with E-state index in [0.29, 0.717) is 18.7 Å². The average molecular weight is 299 g/mol. The molecule has 1 heterocycles. The Kier molecular flexibility index (Phi) is 4.31. The standard InChI is InChI=1S/C13H21N3O3S/c1-14-12-11(6-5-9-15-12)20(18,19)16(2)10-13(17)7-3-4-8-13/h5-6,9,17H,3-4,7-8,10H2,1-2H3,(H,14,15). The summed E-state index contributed by atoms with van der Waals surface area (Å²) in [5.74, 6) is 0.317. The van der Waals surface area contributed by atoms with Gasteiger partial charge in [-0.1, -0.05) is 12.8 Å². The SMILES string of the molecule is CNc1ncccc1S(=O)(=O)N(C)CC1(O)CCCC1. The van der Waals surface area contributed by atoms with Gasteiger partial charge < -0.3 is 10.4 Å². The van der Waals surface area contributed by atoms with Crippen molar-refractivity contribution in [2.75, 3.05) is 26.0 Å². The fraction of sp³-hybridized carbons (Fsp3) is 0.615. The van der Waals surface area contributed by atoms with Gasteiger partial charge in [0.2, 0.25) is 10.0 Å². The lowest BCUT2D eigenvalue weighted by Gasteiger charge is -2.28. The van der Waals surface area contributed by atoms with Crippen LogP contribution in [0.3, 0.4) is 0 Å². The molecule has 0 amide bonds. The van der Waals surface area contributed by atoms with Gasteiger partial charge in [-0.3, -0.25) is 0 Å². The highest BCUT2D eigenvalue weighted by Gasteiger charge is 2.36. The van der Waals surface area contributed by atoms with Crippen molar-refractivity contribution in [3.63, 3.8) is 0 Å². The predicted octanol–water partition coefficient (Wildman–Crippen LogP) is 1.05. The molecule has 1 aromatic rings. The van der Waals surface area contributed by atoms with Crippen LogP contribution < -0.4 is 5.32 Å². The van der Waals surface area contributed by atoms with Gasteiger partial charge in [-0.15, -0.1) is 0 Å². The fourth-order valence-electron chi connectivity index (χ4n) is 2.65. The Morgan fingerprint density at radius 3 is 2.70 bits per heavy atom. The zero-order chi connectivity index (χ0) is 14.8. The summed E-state index contributed by atoms with van der Waals surface area (Å²) in [6, 6.07) is 3.11. The van der Waals surface area contributed by atoms with E-state index >= 15 is 0 Å². The summed E-state index contributed by atoms with van der Waals surface area (Å²) in [5.41, 5.74) is -0.899. The van der Waals surface area contributed by atoms with Crippen LogP contribution in [0.2, 0.25) is 0 Å². The van der Waals surface area contributed by atoms with E-state index in [4.69, 9.17) is 0 Å². The molecule has 6 nitrogen and oxygen atoms in total. The number of nitrogens with zero attached hydrogens (tertiary/aromatic N) is 2. The second-order valence-electron chi connectivity index (χ2n) is 5.29. The van der Waals surface area contributed by atoms with Crippen molar-refractivity contribution in [1.29, 1.82) is 0 Å². The van der Waals surface area contributed by atoms with Crippen molar-refractivity contribution >= 4 is 15.8 Å². The van der Waals surface area contributed by atoms with Crippen LogP contribution in [-0.2, 0) is 10.0 Å². The van der Waals surface area contributed by atoms with Crippen LogP contribution in [0.25, 0.3) is 0 Å². The normalized spacial score (nSPS) is 18.4. The Morgan fingerprint density at radius 1 is 1.45 bits per heavy atom. The molecule has 1 saturated carbocycles. The molecule has 0 unspecified atom stereocenters. The van der Waals surface area contributed by atoms with E-state index in [2.05, 4.69) is 10.3 Å². The summed E-state index contributed by atoms with van der Waals surface area (Å²) < 4.78 is 26.4. The van der Waals surface area contributed by atoms with E-state index < -0.39 is 15.6 Å². The second kappa shape index (κ2) is 5.67. The number of likely N-dealkylation sites (N-methyl/N-ethyl adjacent to an activating group) is 1. The van der Waals surface area contributed by atoms with Gasteiger partial charge in [0.05, 0.1) is 5.60 Å². The number of aliphatic hydroxyl groups is 1. The lowest BCUT2D eigenvalue weighted by Crippen LogP contribution is -2.42. The first-order valence-electron chi connectivity index (χ1n) is 6.70. The summed E-state index contributed by atoms with van der Waals surface area (Å²) >= 11 is 0. The predicted molar refractivity (Wildman–Crippen MR) is 77.0 cm³/mol. The van der Waals surface area contributed by atoms with Crippen LogP contribution in [0.4, 0.5) is 5.82 Å². The maximum atomic E-state index is 12.6. The van der Waals surface area contributed by atoms with Crippen LogP contribution in [-0.4, -0.2) is 49.1 Å². The third-order valence-electron chi connectivity index (χ3n) is 3.75. The fourth-order valence-corrected chi connectivity index (χ4v) is 4.04. The Morgan fingerprint density at radius 2 is 2.10 bits per heavy atom. The maximum Gasteiger partial charge on any atom is 0.246 e. The average Bonchev–Trinajstić information content (AvgIpc) is 2.85. The van der Waals surface area contributed by atoms with Crippen molar-refractivity contribution in [2.24, 2.45) is 0 Å².